The highest BCUT2D eigenvalue weighted by Crippen LogP contribution is 2.33. The summed E-state index contributed by atoms with van der Waals surface area (Å²) in [6, 6.07) is 0.856. The van der Waals surface area contributed by atoms with Gasteiger partial charge in [0, 0.05) is 4.88 Å². The number of carbonyl (C=O) groups is 2. The van der Waals surface area contributed by atoms with Crippen molar-refractivity contribution in [3.8, 4) is 0 Å². The lowest BCUT2D eigenvalue weighted by molar-refractivity contribution is -0.139. The third-order valence-electron chi connectivity index (χ3n) is 3.81. The molecule has 0 fully saturated rings. The summed E-state index contributed by atoms with van der Waals surface area (Å²) < 4.78 is 0. The molecule has 0 saturated heterocycles. The number of rotatable bonds is 6. The van der Waals surface area contributed by atoms with Crippen molar-refractivity contribution in [2.24, 2.45) is 0 Å². The highest BCUT2D eigenvalue weighted by Gasteiger charge is 2.25. The fourth-order valence-electron chi connectivity index (χ4n) is 2.66. The Hall–Kier alpha value is -1.56. The standard InChI is InChI=1S/C15H22N2O3S/c1-2-3-5-12(14(18)19)17-15(20)16-11-6-4-7-13-10(11)8-9-21-13/h8-9,11-12H,2-7H2,1H3,(H,18,19)(H2,16,17,20). The van der Waals surface area contributed by atoms with E-state index in [9.17, 15) is 9.59 Å². The molecule has 1 aromatic rings. The summed E-state index contributed by atoms with van der Waals surface area (Å²) in [5.41, 5.74) is 1.18. The Bertz CT molecular complexity index is 501. The minimum Gasteiger partial charge on any atom is -0.480 e. The largest absolute Gasteiger partial charge is 0.480 e. The Morgan fingerprint density at radius 3 is 3.05 bits per heavy atom. The molecule has 0 saturated carbocycles. The first-order valence-electron chi connectivity index (χ1n) is 7.48. The molecule has 1 aliphatic rings. The van der Waals surface area contributed by atoms with Gasteiger partial charge in [-0.15, -0.1) is 11.3 Å². The van der Waals surface area contributed by atoms with Gasteiger partial charge in [0.05, 0.1) is 6.04 Å². The molecule has 116 valence electrons. The lowest BCUT2D eigenvalue weighted by Crippen LogP contribution is -2.47. The van der Waals surface area contributed by atoms with Gasteiger partial charge in [0.2, 0.25) is 0 Å². The monoisotopic (exact) mass is 310 g/mol. The Morgan fingerprint density at radius 1 is 1.52 bits per heavy atom. The van der Waals surface area contributed by atoms with Crippen LogP contribution in [0.3, 0.4) is 0 Å². The zero-order valence-electron chi connectivity index (χ0n) is 12.2. The Labute approximate surface area is 128 Å². The van der Waals surface area contributed by atoms with E-state index in [2.05, 4.69) is 16.7 Å². The van der Waals surface area contributed by atoms with Crippen molar-refractivity contribution in [3.05, 3.63) is 21.9 Å². The lowest BCUT2D eigenvalue weighted by atomic mass is 9.94. The van der Waals surface area contributed by atoms with Crippen LogP contribution in [-0.4, -0.2) is 23.1 Å². The number of carboxylic acid groups (broad SMARTS) is 1. The van der Waals surface area contributed by atoms with Gasteiger partial charge in [-0.1, -0.05) is 19.8 Å². The van der Waals surface area contributed by atoms with Gasteiger partial charge in [0.15, 0.2) is 0 Å². The SMILES string of the molecule is CCCCC(NC(=O)NC1CCCc2sccc21)C(=O)O. The summed E-state index contributed by atoms with van der Waals surface area (Å²) >= 11 is 1.72. The summed E-state index contributed by atoms with van der Waals surface area (Å²) in [7, 11) is 0. The van der Waals surface area contributed by atoms with Gasteiger partial charge < -0.3 is 15.7 Å². The number of carboxylic acids is 1. The first-order valence-corrected chi connectivity index (χ1v) is 8.36. The average Bonchev–Trinajstić information content (AvgIpc) is 2.92. The summed E-state index contributed by atoms with van der Waals surface area (Å²) in [5, 5.41) is 16.7. The number of aliphatic carboxylic acids is 1. The predicted octanol–water partition coefficient (Wildman–Crippen LogP) is 3.07. The predicted molar refractivity (Wildman–Crippen MR) is 82.6 cm³/mol. The number of hydrogen-bond donors (Lipinski definition) is 3. The highest BCUT2D eigenvalue weighted by molar-refractivity contribution is 7.10. The molecule has 0 radical (unpaired) electrons. The van der Waals surface area contributed by atoms with Gasteiger partial charge in [0.25, 0.3) is 0 Å². The van der Waals surface area contributed by atoms with Crippen molar-refractivity contribution in [1.29, 1.82) is 0 Å². The number of thiophene rings is 1. The molecular formula is C15H22N2O3S. The van der Waals surface area contributed by atoms with Gasteiger partial charge in [-0.2, -0.15) is 0 Å². The number of aryl methyl sites for hydroxylation is 1. The number of unbranched alkanes of at least 4 members (excludes halogenated alkanes) is 1. The molecule has 0 spiro atoms. The van der Waals surface area contributed by atoms with E-state index in [-0.39, 0.29) is 12.1 Å². The number of urea groups is 1. The van der Waals surface area contributed by atoms with Crippen LogP contribution in [0, 0.1) is 0 Å². The normalized spacial score (nSPS) is 18.6. The second-order valence-electron chi connectivity index (χ2n) is 5.39. The molecule has 3 N–H and O–H groups in total. The third-order valence-corrected chi connectivity index (χ3v) is 4.80. The van der Waals surface area contributed by atoms with Crippen LogP contribution in [-0.2, 0) is 11.2 Å². The molecule has 1 aromatic heterocycles. The van der Waals surface area contributed by atoms with Gasteiger partial charge in [0.1, 0.15) is 6.04 Å². The molecule has 2 unspecified atom stereocenters. The first-order chi connectivity index (χ1) is 10.1. The smallest absolute Gasteiger partial charge is 0.326 e. The molecule has 21 heavy (non-hydrogen) atoms. The van der Waals surface area contributed by atoms with Crippen LogP contribution in [0.25, 0.3) is 0 Å². The maximum Gasteiger partial charge on any atom is 0.326 e. The van der Waals surface area contributed by atoms with Crippen LogP contribution in [0.4, 0.5) is 4.79 Å². The van der Waals surface area contributed by atoms with Gasteiger partial charge in [-0.3, -0.25) is 0 Å². The van der Waals surface area contributed by atoms with Crippen LogP contribution in [0.5, 0.6) is 0 Å². The zero-order valence-corrected chi connectivity index (χ0v) is 13.0. The van der Waals surface area contributed by atoms with Crippen molar-refractivity contribution < 1.29 is 14.7 Å². The second-order valence-corrected chi connectivity index (χ2v) is 6.40. The molecule has 2 rings (SSSR count). The van der Waals surface area contributed by atoms with Crippen molar-refractivity contribution in [2.75, 3.05) is 0 Å². The van der Waals surface area contributed by atoms with Crippen LogP contribution >= 0.6 is 11.3 Å². The molecule has 0 bridgehead atoms. The van der Waals surface area contributed by atoms with Crippen LogP contribution in [0.1, 0.15) is 55.5 Å². The van der Waals surface area contributed by atoms with E-state index >= 15 is 0 Å². The molecule has 1 aliphatic carbocycles. The van der Waals surface area contributed by atoms with E-state index in [1.54, 1.807) is 11.3 Å². The highest BCUT2D eigenvalue weighted by atomic mass is 32.1. The van der Waals surface area contributed by atoms with Gasteiger partial charge in [-0.25, -0.2) is 9.59 Å². The van der Waals surface area contributed by atoms with E-state index in [4.69, 9.17) is 5.11 Å². The van der Waals surface area contributed by atoms with Crippen LogP contribution in [0.15, 0.2) is 11.4 Å². The summed E-state index contributed by atoms with van der Waals surface area (Å²) in [6.45, 7) is 2.00. The summed E-state index contributed by atoms with van der Waals surface area (Å²) in [5.74, 6) is -0.974. The molecule has 0 aliphatic heterocycles. The molecule has 2 atom stereocenters. The topological polar surface area (TPSA) is 78.4 Å². The molecule has 1 heterocycles. The van der Waals surface area contributed by atoms with Gasteiger partial charge >= 0.3 is 12.0 Å². The van der Waals surface area contributed by atoms with E-state index < -0.39 is 12.0 Å². The van der Waals surface area contributed by atoms with E-state index in [0.717, 1.165) is 32.1 Å². The molecule has 0 aromatic carbocycles. The summed E-state index contributed by atoms with van der Waals surface area (Å²) in [4.78, 5) is 24.5. The Kier molecular flexibility index (Phi) is 5.61. The fraction of sp³-hybridized carbons (Fsp3) is 0.600. The van der Waals surface area contributed by atoms with Crippen molar-refractivity contribution in [3.63, 3.8) is 0 Å². The molecular weight excluding hydrogens is 288 g/mol. The Balaban J connectivity index is 1.91. The second kappa shape index (κ2) is 7.45. The maximum atomic E-state index is 12.0. The van der Waals surface area contributed by atoms with Crippen LogP contribution in [0.2, 0.25) is 0 Å². The fourth-order valence-corrected chi connectivity index (χ4v) is 3.65. The number of carbonyl (C=O) groups excluding carboxylic acids is 1. The van der Waals surface area contributed by atoms with Gasteiger partial charge in [-0.05, 0) is 42.7 Å². The average molecular weight is 310 g/mol. The minimum atomic E-state index is -0.974. The van der Waals surface area contributed by atoms with E-state index in [1.165, 1.54) is 10.4 Å². The Morgan fingerprint density at radius 2 is 2.33 bits per heavy atom. The molecule has 5 nitrogen and oxygen atoms in total. The zero-order chi connectivity index (χ0) is 15.2. The first kappa shape index (κ1) is 15.8. The summed E-state index contributed by atoms with van der Waals surface area (Å²) in [6.07, 6.45) is 5.19. The number of nitrogens with one attached hydrogen (secondary N) is 2. The van der Waals surface area contributed by atoms with Crippen molar-refractivity contribution >= 4 is 23.3 Å². The molecule has 2 amide bonds. The van der Waals surface area contributed by atoms with Crippen LogP contribution < -0.4 is 10.6 Å². The minimum absolute atomic E-state index is 0.000574. The lowest BCUT2D eigenvalue weighted by Gasteiger charge is -2.25. The van der Waals surface area contributed by atoms with Crippen molar-refractivity contribution in [2.45, 2.75) is 57.5 Å². The van der Waals surface area contributed by atoms with Crippen molar-refractivity contribution in [1.82, 2.24) is 10.6 Å². The number of hydrogen-bond acceptors (Lipinski definition) is 3. The number of amides is 2. The molecule has 6 heteroatoms. The number of fused-ring (bicyclic) bond motifs is 1. The van der Waals surface area contributed by atoms with E-state index in [1.807, 2.05) is 12.3 Å². The maximum absolute atomic E-state index is 12.0. The quantitative estimate of drug-likeness (QED) is 0.755. The third kappa shape index (κ3) is 4.20. The van der Waals surface area contributed by atoms with E-state index in [0.29, 0.717) is 6.42 Å².